The zero-order chi connectivity index (χ0) is 15.5. The molecule has 0 aliphatic heterocycles. The lowest BCUT2D eigenvalue weighted by molar-refractivity contribution is -0.127. The van der Waals surface area contributed by atoms with Gasteiger partial charge in [-0.15, -0.1) is 0 Å². The molecule has 0 radical (unpaired) electrons. The van der Waals surface area contributed by atoms with Crippen LogP contribution in [0.25, 0.3) is 11.0 Å². The number of hydrogen-bond acceptors (Lipinski definition) is 4. The number of Topliss-reactive ketones (excluding diaryl/α,β-unsaturated/α-hetero) is 1. The molecule has 1 heterocycles. The van der Waals surface area contributed by atoms with Gasteiger partial charge >= 0.3 is 5.63 Å². The van der Waals surface area contributed by atoms with Crippen molar-refractivity contribution in [1.82, 2.24) is 0 Å². The SMILES string of the molecule is CCCc1cc(=O)oc2cc(O[C@H]3CCCCC3=O)ccc12. The van der Waals surface area contributed by atoms with E-state index in [0.717, 1.165) is 43.1 Å². The standard InChI is InChI=1S/C18H20O4/c1-2-5-12-10-18(20)22-17-11-13(8-9-14(12)17)21-16-7-4-3-6-15(16)19/h8-11,16H,2-7H2,1H3/t16-/m0/s1. The molecule has 0 saturated heterocycles. The highest BCUT2D eigenvalue weighted by Gasteiger charge is 2.24. The number of benzene rings is 1. The van der Waals surface area contributed by atoms with E-state index in [1.165, 1.54) is 0 Å². The molecule has 22 heavy (non-hydrogen) atoms. The molecule has 1 fully saturated rings. The molecule has 0 N–H and O–H groups in total. The summed E-state index contributed by atoms with van der Waals surface area (Å²) in [5.74, 6) is 0.747. The molecule has 3 rings (SSSR count). The van der Waals surface area contributed by atoms with Crippen molar-refractivity contribution in [3.05, 3.63) is 40.2 Å². The van der Waals surface area contributed by atoms with E-state index in [1.807, 2.05) is 12.1 Å². The lowest BCUT2D eigenvalue weighted by Gasteiger charge is -2.21. The predicted molar refractivity (Wildman–Crippen MR) is 84.4 cm³/mol. The first-order valence-electron chi connectivity index (χ1n) is 7.93. The Labute approximate surface area is 129 Å². The first kappa shape index (κ1) is 14.8. The van der Waals surface area contributed by atoms with Crippen LogP contribution >= 0.6 is 0 Å². The zero-order valence-corrected chi connectivity index (χ0v) is 12.8. The summed E-state index contributed by atoms with van der Waals surface area (Å²) < 4.78 is 11.1. The Morgan fingerprint density at radius 1 is 1.23 bits per heavy atom. The third kappa shape index (κ3) is 3.06. The Bertz CT molecular complexity index is 744. The Morgan fingerprint density at radius 2 is 2.09 bits per heavy atom. The van der Waals surface area contributed by atoms with Gasteiger partial charge in [0.05, 0.1) is 0 Å². The maximum Gasteiger partial charge on any atom is 0.336 e. The van der Waals surface area contributed by atoms with Crippen molar-refractivity contribution in [2.45, 2.75) is 51.6 Å². The fraction of sp³-hybridized carbons (Fsp3) is 0.444. The zero-order valence-electron chi connectivity index (χ0n) is 12.8. The Hall–Kier alpha value is -2.10. The smallest absolute Gasteiger partial charge is 0.336 e. The van der Waals surface area contributed by atoms with Crippen LogP contribution in [0.2, 0.25) is 0 Å². The minimum atomic E-state index is -0.364. The summed E-state index contributed by atoms with van der Waals surface area (Å²) in [6.07, 6.45) is 4.75. The molecule has 0 bridgehead atoms. The second-order valence-electron chi connectivity index (χ2n) is 5.82. The van der Waals surface area contributed by atoms with Gasteiger partial charge in [0.25, 0.3) is 0 Å². The number of fused-ring (bicyclic) bond motifs is 1. The van der Waals surface area contributed by atoms with Gasteiger partial charge in [-0.3, -0.25) is 4.79 Å². The number of ketones is 1. The van der Waals surface area contributed by atoms with Gasteiger partial charge < -0.3 is 9.15 Å². The summed E-state index contributed by atoms with van der Waals surface area (Å²) in [7, 11) is 0. The molecule has 1 aromatic carbocycles. The first-order valence-corrected chi connectivity index (χ1v) is 7.93. The van der Waals surface area contributed by atoms with E-state index in [4.69, 9.17) is 9.15 Å². The van der Waals surface area contributed by atoms with Crippen LogP contribution in [0, 0.1) is 0 Å². The van der Waals surface area contributed by atoms with Crippen molar-refractivity contribution in [1.29, 1.82) is 0 Å². The number of carbonyl (C=O) groups is 1. The Morgan fingerprint density at radius 3 is 2.86 bits per heavy atom. The number of ether oxygens (including phenoxy) is 1. The van der Waals surface area contributed by atoms with E-state index in [-0.39, 0.29) is 17.5 Å². The van der Waals surface area contributed by atoms with Crippen LogP contribution in [0.5, 0.6) is 5.75 Å². The summed E-state index contributed by atoms with van der Waals surface area (Å²) in [5.41, 5.74) is 1.17. The third-order valence-electron chi connectivity index (χ3n) is 4.10. The van der Waals surface area contributed by atoms with Crippen molar-refractivity contribution in [3.63, 3.8) is 0 Å². The van der Waals surface area contributed by atoms with Crippen LogP contribution < -0.4 is 10.4 Å². The molecule has 1 saturated carbocycles. The van der Waals surface area contributed by atoms with E-state index in [1.54, 1.807) is 12.1 Å². The molecule has 116 valence electrons. The topological polar surface area (TPSA) is 56.5 Å². The summed E-state index contributed by atoms with van der Waals surface area (Å²) in [6.45, 7) is 2.08. The van der Waals surface area contributed by atoms with Crippen molar-refractivity contribution in [3.8, 4) is 5.75 Å². The molecule has 1 aromatic heterocycles. The molecule has 2 aromatic rings. The number of aryl methyl sites for hydroxylation is 1. The van der Waals surface area contributed by atoms with Crippen molar-refractivity contribution in [2.24, 2.45) is 0 Å². The monoisotopic (exact) mass is 300 g/mol. The van der Waals surface area contributed by atoms with Crippen LogP contribution in [0.15, 0.2) is 33.5 Å². The molecule has 4 heteroatoms. The highest BCUT2D eigenvalue weighted by Crippen LogP contribution is 2.26. The minimum absolute atomic E-state index is 0.160. The van der Waals surface area contributed by atoms with Gasteiger partial charge in [-0.1, -0.05) is 13.3 Å². The van der Waals surface area contributed by atoms with Gasteiger partial charge in [0.1, 0.15) is 11.3 Å². The van der Waals surface area contributed by atoms with Gasteiger partial charge in [-0.05, 0) is 43.4 Å². The van der Waals surface area contributed by atoms with Gasteiger partial charge in [0.15, 0.2) is 11.9 Å². The quantitative estimate of drug-likeness (QED) is 0.809. The summed E-state index contributed by atoms with van der Waals surface area (Å²) >= 11 is 0. The van der Waals surface area contributed by atoms with Crippen LogP contribution in [-0.2, 0) is 11.2 Å². The van der Waals surface area contributed by atoms with E-state index < -0.39 is 0 Å². The maximum atomic E-state index is 11.9. The van der Waals surface area contributed by atoms with E-state index in [9.17, 15) is 9.59 Å². The molecule has 0 amide bonds. The van der Waals surface area contributed by atoms with Gasteiger partial charge in [-0.2, -0.15) is 0 Å². The Balaban J connectivity index is 1.92. The van der Waals surface area contributed by atoms with Crippen LogP contribution in [-0.4, -0.2) is 11.9 Å². The van der Waals surface area contributed by atoms with Crippen molar-refractivity contribution in [2.75, 3.05) is 0 Å². The number of hydrogen-bond donors (Lipinski definition) is 0. The van der Waals surface area contributed by atoms with Crippen molar-refractivity contribution >= 4 is 16.8 Å². The predicted octanol–water partition coefficient (Wildman–Crippen LogP) is 3.64. The lowest BCUT2D eigenvalue weighted by Crippen LogP contribution is -2.30. The summed E-state index contributed by atoms with van der Waals surface area (Å²) in [5, 5.41) is 0.934. The van der Waals surface area contributed by atoms with E-state index >= 15 is 0 Å². The van der Waals surface area contributed by atoms with Gasteiger partial charge in [-0.25, -0.2) is 4.79 Å². The fourth-order valence-corrected chi connectivity index (χ4v) is 3.00. The summed E-state index contributed by atoms with van der Waals surface area (Å²) in [4.78, 5) is 23.5. The first-order chi connectivity index (χ1) is 10.7. The molecular formula is C18H20O4. The third-order valence-corrected chi connectivity index (χ3v) is 4.10. The van der Waals surface area contributed by atoms with Crippen LogP contribution in [0.1, 0.15) is 44.6 Å². The average molecular weight is 300 g/mol. The molecular weight excluding hydrogens is 280 g/mol. The van der Waals surface area contributed by atoms with E-state index in [2.05, 4.69) is 6.92 Å². The molecule has 0 unspecified atom stereocenters. The van der Waals surface area contributed by atoms with Gasteiger partial charge in [0.2, 0.25) is 0 Å². The van der Waals surface area contributed by atoms with Crippen molar-refractivity contribution < 1.29 is 13.9 Å². The largest absolute Gasteiger partial charge is 0.483 e. The normalized spacial score (nSPS) is 18.6. The molecule has 1 aliphatic carbocycles. The lowest BCUT2D eigenvalue weighted by atomic mass is 9.96. The highest BCUT2D eigenvalue weighted by molar-refractivity contribution is 5.84. The maximum absolute atomic E-state index is 11.9. The molecule has 4 nitrogen and oxygen atoms in total. The molecule has 1 atom stereocenters. The second kappa shape index (κ2) is 6.34. The highest BCUT2D eigenvalue weighted by atomic mass is 16.5. The Kier molecular flexibility index (Phi) is 4.27. The van der Waals surface area contributed by atoms with Gasteiger partial charge in [0, 0.05) is 23.9 Å². The number of carbonyl (C=O) groups excluding carboxylic acids is 1. The van der Waals surface area contributed by atoms with E-state index in [0.29, 0.717) is 17.8 Å². The van der Waals surface area contributed by atoms with Crippen LogP contribution in [0.4, 0.5) is 0 Å². The minimum Gasteiger partial charge on any atom is -0.483 e. The molecule has 1 aliphatic rings. The summed E-state index contributed by atoms with van der Waals surface area (Å²) in [6, 6.07) is 7.03. The number of rotatable bonds is 4. The average Bonchev–Trinajstić information content (AvgIpc) is 2.49. The second-order valence-corrected chi connectivity index (χ2v) is 5.82. The fourth-order valence-electron chi connectivity index (χ4n) is 3.00. The van der Waals surface area contributed by atoms with Crippen LogP contribution in [0.3, 0.4) is 0 Å². The molecule has 0 spiro atoms.